The van der Waals surface area contributed by atoms with Crippen molar-refractivity contribution in [2.45, 2.75) is 12.5 Å². The summed E-state index contributed by atoms with van der Waals surface area (Å²) in [6.07, 6.45) is 1.48. The van der Waals surface area contributed by atoms with E-state index in [2.05, 4.69) is 10.3 Å². The standard InChI is InChI=1S/C19H16N4O4/c20-18(24)15(11-13-5-1-2-9-16(13)23(26)27)22-19(25)14-8-3-6-12-7-4-10-21-17(12)14/h1-10,15H,11H2,(H2,20,24)(H,22,25)/t15-/m0/s1. The Balaban J connectivity index is 1.88. The molecule has 0 fully saturated rings. The quantitative estimate of drug-likeness (QED) is 0.510. The molecule has 0 aliphatic carbocycles. The molecule has 1 heterocycles. The van der Waals surface area contributed by atoms with E-state index in [1.807, 2.05) is 12.1 Å². The SMILES string of the molecule is NC(=O)[C@H](Cc1ccccc1[N+](=O)[O-])NC(=O)c1cccc2cccnc12. The summed E-state index contributed by atoms with van der Waals surface area (Å²) in [6.45, 7) is 0. The average molecular weight is 364 g/mol. The van der Waals surface area contributed by atoms with Crippen molar-refractivity contribution < 1.29 is 14.5 Å². The van der Waals surface area contributed by atoms with Gasteiger partial charge in [-0.05, 0) is 12.1 Å². The van der Waals surface area contributed by atoms with E-state index in [-0.39, 0.29) is 12.1 Å². The first-order chi connectivity index (χ1) is 13.0. The summed E-state index contributed by atoms with van der Waals surface area (Å²) in [4.78, 5) is 39.4. The number of rotatable bonds is 6. The number of para-hydroxylation sites is 2. The minimum atomic E-state index is -1.10. The van der Waals surface area contributed by atoms with Crippen molar-refractivity contribution in [1.29, 1.82) is 0 Å². The van der Waals surface area contributed by atoms with E-state index >= 15 is 0 Å². The van der Waals surface area contributed by atoms with Gasteiger partial charge in [-0.1, -0.05) is 36.4 Å². The van der Waals surface area contributed by atoms with Crippen LogP contribution in [-0.2, 0) is 11.2 Å². The van der Waals surface area contributed by atoms with Crippen LogP contribution in [0.15, 0.2) is 60.8 Å². The maximum Gasteiger partial charge on any atom is 0.272 e. The molecule has 0 bridgehead atoms. The predicted octanol–water partition coefficient (Wildman–Crippen LogP) is 1.97. The highest BCUT2D eigenvalue weighted by atomic mass is 16.6. The minimum absolute atomic E-state index is 0.0869. The highest BCUT2D eigenvalue weighted by molar-refractivity contribution is 6.06. The van der Waals surface area contributed by atoms with Gasteiger partial charge in [0.1, 0.15) is 6.04 Å². The molecule has 2 amide bonds. The van der Waals surface area contributed by atoms with Gasteiger partial charge >= 0.3 is 0 Å². The number of carbonyl (C=O) groups is 2. The molecule has 0 spiro atoms. The molecule has 0 unspecified atom stereocenters. The lowest BCUT2D eigenvalue weighted by Crippen LogP contribution is -2.46. The normalized spacial score (nSPS) is 11.7. The zero-order chi connectivity index (χ0) is 19.4. The van der Waals surface area contributed by atoms with Crippen molar-refractivity contribution >= 4 is 28.4 Å². The molecule has 0 aliphatic rings. The fourth-order valence-corrected chi connectivity index (χ4v) is 2.83. The lowest BCUT2D eigenvalue weighted by Gasteiger charge is -2.16. The van der Waals surface area contributed by atoms with Gasteiger partial charge in [0.2, 0.25) is 5.91 Å². The fraction of sp³-hybridized carbons (Fsp3) is 0.105. The van der Waals surface area contributed by atoms with E-state index in [1.165, 1.54) is 18.2 Å². The number of carbonyl (C=O) groups excluding carboxylic acids is 2. The number of nitrogens with one attached hydrogen (secondary N) is 1. The smallest absolute Gasteiger partial charge is 0.272 e. The van der Waals surface area contributed by atoms with Gasteiger partial charge in [0.25, 0.3) is 11.6 Å². The Morgan fingerprint density at radius 2 is 1.85 bits per heavy atom. The molecule has 1 aromatic heterocycles. The maximum absolute atomic E-state index is 12.7. The maximum atomic E-state index is 12.7. The van der Waals surface area contributed by atoms with Crippen LogP contribution in [0.1, 0.15) is 15.9 Å². The molecule has 1 atom stereocenters. The van der Waals surface area contributed by atoms with Crippen molar-refractivity contribution in [3.63, 3.8) is 0 Å². The predicted molar refractivity (Wildman–Crippen MR) is 99.0 cm³/mol. The Kier molecular flexibility index (Phi) is 5.07. The molecular weight excluding hydrogens is 348 g/mol. The number of nitrogens with two attached hydrogens (primary N) is 1. The first kappa shape index (κ1) is 18.0. The summed E-state index contributed by atoms with van der Waals surface area (Å²) in [7, 11) is 0. The fourth-order valence-electron chi connectivity index (χ4n) is 2.83. The molecular formula is C19H16N4O4. The summed E-state index contributed by atoms with van der Waals surface area (Å²) >= 11 is 0. The molecule has 3 rings (SSSR count). The molecule has 8 nitrogen and oxygen atoms in total. The van der Waals surface area contributed by atoms with Crippen LogP contribution in [0.3, 0.4) is 0 Å². The average Bonchev–Trinajstić information content (AvgIpc) is 2.67. The van der Waals surface area contributed by atoms with Gasteiger partial charge < -0.3 is 11.1 Å². The molecule has 0 aliphatic heterocycles. The monoisotopic (exact) mass is 364 g/mol. The zero-order valence-corrected chi connectivity index (χ0v) is 14.2. The lowest BCUT2D eigenvalue weighted by molar-refractivity contribution is -0.385. The first-order valence-electron chi connectivity index (χ1n) is 8.13. The van der Waals surface area contributed by atoms with Crippen LogP contribution < -0.4 is 11.1 Å². The van der Waals surface area contributed by atoms with Gasteiger partial charge in [-0.25, -0.2) is 0 Å². The molecule has 8 heteroatoms. The highest BCUT2D eigenvalue weighted by Gasteiger charge is 2.24. The van der Waals surface area contributed by atoms with Gasteiger partial charge in [0, 0.05) is 29.6 Å². The van der Waals surface area contributed by atoms with E-state index in [0.717, 1.165) is 5.39 Å². The number of nitro groups is 1. The number of nitro benzene ring substituents is 1. The van der Waals surface area contributed by atoms with Crippen molar-refractivity contribution in [2.75, 3.05) is 0 Å². The highest BCUT2D eigenvalue weighted by Crippen LogP contribution is 2.20. The second-order valence-electron chi connectivity index (χ2n) is 5.90. The Morgan fingerprint density at radius 3 is 2.59 bits per heavy atom. The third-order valence-corrected chi connectivity index (χ3v) is 4.14. The molecule has 0 saturated carbocycles. The van der Waals surface area contributed by atoms with E-state index in [9.17, 15) is 19.7 Å². The number of fused-ring (bicyclic) bond motifs is 1. The molecule has 3 N–H and O–H groups in total. The van der Waals surface area contributed by atoms with Crippen molar-refractivity contribution in [3.05, 3.63) is 82.0 Å². The minimum Gasteiger partial charge on any atom is -0.368 e. The Labute approximate surface area is 154 Å². The van der Waals surface area contributed by atoms with E-state index in [1.54, 1.807) is 30.5 Å². The second-order valence-corrected chi connectivity index (χ2v) is 5.90. The lowest BCUT2D eigenvalue weighted by atomic mass is 10.0. The van der Waals surface area contributed by atoms with Crippen LogP contribution in [0, 0.1) is 10.1 Å². The van der Waals surface area contributed by atoms with Gasteiger partial charge in [0.05, 0.1) is 16.0 Å². The number of nitrogens with zero attached hydrogens (tertiary/aromatic N) is 2. The summed E-state index contributed by atoms with van der Waals surface area (Å²) < 4.78 is 0. The summed E-state index contributed by atoms with van der Waals surface area (Å²) in [5.41, 5.74) is 6.37. The van der Waals surface area contributed by atoms with Crippen molar-refractivity contribution in [2.24, 2.45) is 5.73 Å². The molecule has 0 radical (unpaired) electrons. The number of primary amides is 1. The molecule has 0 saturated heterocycles. The Morgan fingerprint density at radius 1 is 1.11 bits per heavy atom. The number of hydrogen-bond donors (Lipinski definition) is 2. The molecule has 2 aromatic carbocycles. The second kappa shape index (κ2) is 7.61. The number of hydrogen-bond acceptors (Lipinski definition) is 5. The molecule has 136 valence electrons. The van der Waals surface area contributed by atoms with Gasteiger partial charge in [-0.2, -0.15) is 0 Å². The topological polar surface area (TPSA) is 128 Å². The summed E-state index contributed by atoms with van der Waals surface area (Å²) in [5.74, 6) is -1.31. The van der Waals surface area contributed by atoms with Crippen LogP contribution in [0.25, 0.3) is 10.9 Å². The Bertz CT molecular complexity index is 1030. The third-order valence-electron chi connectivity index (χ3n) is 4.14. The zero-order valence-electron chi connectivity index (χ0n) is 14.2. The van der Waals surface area contributed by atoms with Gasteiger partial charge in [0.15, 0.2) is 0 Å². The molecule has 27 heavy (non-hydrogen) atoms. The van der Waals surface area contributed by atoms with Crippen molar-refractivity contribution in [3.8, 4) is 0 Å². The van der Waals surface area contributed by atoms with E-state index in [4.69, 9.17) is 5.73 Å². The number of amides is 2. The number of pyridine rings is 1. The van der Waals surface area contributed by atoms with E-state index in [0.29, 0.717) is 16.6 Å². The van der Waals surface area contributed by atoms with Crippen LogP contribution in [0.5, 0.6) is 0 Å². The largest absolute Gasteiger partial charge is 0.368 e. The van der Waals surface area contributed by atoms with Gasteiger partial charge in [-0.3, -0.25) is 24.7 Å². The summed E-state index contributed by atoms with van der Waals surface area (Å²) in [5, 5.41) is 14.5. The number of aromatic nitrogens is 1. The van der Waals surface area contributed by atoms with Crippen LogP contribution >= 0.6 is 0 Å². The summed E-state index contributed by atoms with van der Waals surface area (Å²) in [6, 6.07) is 13.6. The first-order valence-corrected chi connectivity index (χ1v) is 8.13. The third kappa shape index (κ3) is 3.90. The van der Waals surface area contributed by atoms with Gasteiger partial charge in [-0.15, -0.1) is 0 Å². The molecule has 3 aromatic rings. The van der Waals surface area contributed by atoms with Crippen LogP contribution in [0.4, 0.5) is 5.69 Å². The Hall–Kier alpha value is -3.81. The van der Waals surface area contributed by atoms with E-state index < -0.39 is 22.8 Å². The van der Waals surface area contributed by atoms with Crippen LogP contribution in [0.2, 0.25) is 0 Å². The van der Waals surface area contributed by atoms with Crippen molar-refractivity contribution in [1.82, 2.24) is 10.3 Å². The number of benzene rings is 2. The van der Waals surface area contributed by atoms with Crippen LogP contribution in [-0.4, -0.2) is 27.8 Å².